The third-order valence-corrected chi connectivity index (χ3v) is 4.34. The molecule has 1 aliphatic rings. The highest BCUT2D eigenvalue weighted by molar-refractivity contribution is 5.95. The second kappa shape index (κ2) is 6.80. The van der Waals surface area contributed by atoms with Gasteiger partial charge in [0.05, 0.1) is 17.8 Å². The molecule has 23 heavy (non-hydrogen) atoms. The van der Waals surface area contributed by atoms with Gasteiger partial charge in [0, 0.05) is 18.7 Å². The van der Waals surface area contributed by atoms with Crippen molar-refractivity contribution in [1.29, 1.82) is 0 Å². The Morgan fingerprint density at radius 2 is 2.22 bits per heavy atom. The van der Waals surface area contributed by atoms with Crippen molar-refractivity contribution in [2.45, 2.75) is 51.5 Å². The maximum atomic E-state index is 12.3. The van der Waals surface area contributed by atoms with Crippen molar-refractivity contribution >= 4 is 5.91 Å². The molecule has 0 atom stereocenters. The fourth-order valence-corrected chi connectivity index (χ4v) is 3.10. The zero-order valence-electron chi connectivity index (χ0n) is 13.2. The SMILES string of the molecule is Cc1c(C(=O)NCCc2noc(=O)[nH]2)cnn1C1CCCCC1. The summed E-state index contributed by atoms with van der Waals surface area (Å²) in [5.41, 5.74) is 1.51. The van der Waals surface area contributed by atoms with Crippen LogP contribution in [0.5, 0.6) is 0 Å². The molecule has 2 aromatic rings. The predicted molar refractivity (Wildman–Crippen MR) is 82.2 cm³/mol. The molecule has 0 spiro atoms. The smallest absolute Gasteiger partial charge is 0.351 e. The molecular weight excluding hydrogens is 298 g/mol. The Kier molecular flexibility index (Phi) is 4.59. The van der Waals surface area contributed by atoms with Crippen LogP contribution >= 0.6 is 0 Å². The van der Waals surface area contributed by atoms with E-state index in [0.717, 1.165) is 18.5 Å². The van der Waals surface area contributed by atoms with E-state index in [-0.39, 0.29) is 5.91 Å². The van der Waals surface area contributed by atoms with E-state index in [1.165, 1.54) is 19.3 Å². The molecule has 8 nitrogen and oxygen atoms in total. The van der Waals surface area contributed by atoms with Crippen molar-refractivity contribution < 1.29 is 9.32 Å². The Labute approximate surface area is 133 Å². The van der Waals surface area contributed by atoms with Gasteiger partial charge < -0.3 is 5.32 Å². The quantitative estimate of drug-likeness (QED) is 0.865. The van der Waals surface area contributed by atoms with E-state index >= 15 is 0 Å². The Morgan fingerprint density at radius 1 is 1.43 bits per heavy atom. The zero-order valence-corrected chi connectivity index (χ0v) is 13.2. The minimum absolute atomic E-state index is 0.157. The van der Waals surface area contributed by atoms with Crippen LogP contribution < -0.4 is 11.1 Å². The zero-order chi connectivity index (χ0) is 16.2. The summed E-state index contributed by atoms with van der Waals surface area (Å²) in [5, 5.41) is 10.8. The molecule has 0 bridgehead atoms. The maximum Gasteiger partial charge on any atom is 0.438 e. The lowest BCUT2D eigenvalue weighted by molar-refractivity contribution is 0.0953. The second-order valence-corrected chi connectivity index (χ2v) is 5.93. The number of hydrogen-bond donors (Lipinski definition) is 2. The number of amides is 1. The van der Waals surface area contributed by atoms with Gasteiger partial charge in [-0.3, -0.25) is 19.0 Å². The summed E-state index contributed by atoms with van der Waals surface area (Å²) in [6, 6.07) is 0.408. The van der Waals surface area contributed by atoms with Crippen LogP contribution in [0.2, 0.25) is 0 Å². The number of carbonyl (C=O) groups is 1. The molecule has 8 heteroatoms. The largest absolute Gasteiger partial charge is 0.438 e. The minimum Gasteiger partial charge on any atom is -0.351 e. The molecule has 2 aromatic heterocycles. The van der Waals surface area contributed by atoms with Crippen molar-refractivity contribution in [2.24, 2.45) is 0 Å². The Hall–Kier alpha value is -2.38. The molecule has 2 N–H and O–H groups in total. The molecule has 1 fully saturated rings. The van der Waals surface area contributed by atoms with Gasteiger partial charge in [-0.25, -0.2) is 4.79 Å². The first-order valence-electron chi connectivity index (χ1n) is 8.02. The van der Waals surface area contributed by atoms with Gasteiger partial charge in [0.1, 0.15) is 0 Å². The normalized spacial score (nSPS) is 15.7. The molecule has 0 aromatic carbocycles. The van der Waals surface area contributed by atoms with E-state index in [4.69, 9.17) is 0 Å². The standard InChI is InChI=1S/C15H21N5O3/c1-10-12(9-17-20(10)11-5-3-2-4-6-11)14(21)16-8-7-13-18-15(22)23-19-13/h9,11H,2-8H2,1H3,(H,16,21)(H,18,19,22). The van der Waals surface area contributed by atoms with Crippen molar-refractivity contribution in [1.82, 2.24) is 25.2 Å². The minimum atomic E-state index is -0.587. The number of aromatic amines is 1. The van der Waals surface area contributed by atoms with Crippen molar-refractivity contribution in [2.75, 3.05) is 6.54 Å². The van der Waals surface area contributed by atoms with E-state index in [1.54, 1.807) is 6.20 Å². The molecular formula is C15H21N5O3. The van der Waals surface area contributed by atoms with Gasteiger partial charge in [-0.2, -0.15) is 5.10 Å². The first-order valence-corrected chi connectivity index (χ1v) is 8.02. The molecule has 0 unspecified atom stereocenters. The molecule has 0 aliphatic heterocycles. The summed E-state index contributed by atoms with van der Waals surface area (Å²) in [6.45, 7) is 2.31. The highest BCUT2D eigenvalue weighted by Gasteiger charge is 2.21. The monoisotopic (exact) mass is 319 g/mol. The van der Waals surface area contributed by atoms with Crippen LogP contribution in [0, 0.1) is 6.92 Å². The van der Waals surface area contributed by atoms with Crippen LogP contribution in [0.15, 0.2) is 15.5 Å². The summed E-state index contributed by atoms with van der Waals surface area (Å²) >= 11 is 0. The first-order chi connectivity index (χ1) is 11.1. The topological polar surface area (TPSA) is 106 Å². The van der Waals surface area contributed by atoms with Crippen LogP contribution in [-0.2, 0) is 6.42 Å². The summed E-state index contributed by atoms with van der Waals surface area (Å²) in [6.07, 6.45) is 8.04. The molecule has 2 heterocycles. The molecule has 3 rings (SSSR count). The average molecular weight is 319 g/mol. The van der Waals surface area contributed by atoms with Crippen LogP contribution in [0.25, 0.3) is 0 Å². The van der Waals surface area contributed by atoms with Gasteiger partial charge in [0.2, 0.25) is 0 Å². The summed E-state index contributed by atoms with van der Waals surface area (Å²) in [4.78, 5) is 25.5. The van der Waals surface area contributed by atoms with Crippen molar-refractivity contribution in [3.05, 3.63) is 33.8 Å². The number of rotatable bonds is 5. The Bertz CT molecular complexity index is 724. The van der Waals surface area contributed by atoms with Gasteiger partial charge in [0.15, 0.2) is 5.82 Å². The molecule has 0 saturated heterocycles. The lowest BCUT2D eigenvalue weighted by Crippen LogP contribution is -2.26. The van der Waals surface area contributed by atoms with Crippen molar-refractivity contribution in [3.63, 3.8) is 0 Å². The summed E-state index contributed by atoms with van der Waals surface area (Å²) < 4.78 is 6.40. The second-order valence-electron chi connectivity index (χ2n) is 5.93. The third kappa shape index (κ3) is 3.52. The van der Waals surface area contributed by atoms with Crippen molar-refractivity contribution in [3.8, 4) is 0 Å². The van der Waals surface area contributed by atoms with Crippen LogP contribution in [-0.4, -0.2) is 32.4 Å². The van der Waals surface area contributed by atoms with E-state index in [9.17, 15) is 9.59 Å². The third-order valence-electron chi connectivity index (χ3n) is 4.34. The summed E-state index contributed by atoms with van der Waals surface area (Å²) in [5.74, 6) is -0.323. The van der Waals surface area contributed by atoms with Crippen LogP contribution in [0.4, 0.5) is 0 Å². The fraction of sp³-hybridized carbons (Fsp3) is 0.600. The molecule has 0 radical (unpaired) electrons. The molecule has 1 saturated carbocycles. The Balaban J connectivity index is 1.58. The highest BCUT2D eigenvalue weighted by Crippen LogP contribution is 2.29. The van der Waals surface area contributed by atoms with Gasteiger partial charge in [-0.05, 0) is 19.8 Å². The predicted octanol–water partition coefficient (Wildman–Crippen LogP) is 1.35. The van der Waals surface area contributed by atoms with Gasteiger partial charge in [-0.1, -0.05) is 24.4 Å². The molecule has 1 amide bonds. The van der Waals surface area contributed by atoms with E-state index < -0.39 is 5.76 Å². The van der Waals surface area contributed by atoms with E-state index in [1.807, 2.05) is 11.6 Å². The van der Waals surface area contributed by atoms with Gasteiger partial charge in [-0.15, -0.1) is 0 Å². The number of H-pyrrole nitrogens is 1. The first kappa shape index (κ1) is 15.5. The molecule has 1 aliphatic carbocycles. The highest BCUT2D eigenvalue weighted by atomic mass is 16.5. The number of carbonyl (C=O) groups excluding carboxylic acids is 1. The van der Waals surface area contributed by atoms with Gasteiger partial charge in [0.25, 0.3) is 5.91 Å². The number of nitrogens with one attached hydrogen (secondary N) is 2. The van der Waals surface area contributed by atoms with Crippen LogP contribution in [0.1, 0.15) is 60.0 Å². The average Bonchev–Trinajstić information content (AvgIpc) is 3.14. The summed E-state index contributed by atoms with van der Waals surface area (Å²) in [7, 11) is 0. The number of hydrogen-bond acceptors (Lipinski definition) is 5. The Morgan fingerprint density at radius 3 is 2.91 bits per heavy atom. The van der Waals surface area contributed by atoms with E-state index in [2.05, 4.69) is 25.1 Å². The fourth-order valence-electron chi connectivity index (χ4n) is 3.10. The lowest BCUT2D eigenvalue weighted by atomic mass is 9.95. The maximum absolute atomic E-state index is 12.3. The van der Waals surface area contributed by atoms with Crippen LogP contribution in [0.3, 0.4) is 0 Å². The molecule has 124 valence electrons. The number of aromatic nitrogens is 4. The lowest BCUT2D eigenvalue weighted by Gasteiger charge is -2.23. The van der Waals surface area contributed by atoms with Gasteiger partial charge >= 0.3 is 5.76 Å². The van der Waals surface area contributed by atoms with E-state index in [0.29, 0.717) is 30.4 Å². The number of nitrogens with zero attached hydrogens (tertiary/aromatic N) is 3.